The van der Waals surface area contributed by atoms with E-state index in [2.05, 4.69) is 17.4 Å². The van der Waals surface area contributed by atoms with Crippen LogP contribution in [0.15, 0.2) is 77.4 Å². The van der Waals surface area contributed by atoms with Crippen LogP contribution in [0.2, 0.25) is 0 Å². The van der Waals surface area contributed by atoms with Crippen molar-refractivity contribution < 1.29 is 9.21 Å². The van der Waals surface area contributed by atoms with Crippen LogP contribution in [0.25, 0.3) is 0 Å². The summed E-state index contributed by atoms with van der Waals surface area (Å²) in [7, 11) is 0. The van der Waals surface area contributed by atoms with E-state index in [9.17, 15) is 4.79 Å². The molecule has 0 saturated carbocycles. The van der Waals surface area contributed by atoms with E-state index in [1.165, 1.54) is 5.56 Å². The molecule has 1 amide bonds. The van der Waals surface area contributed by atoms with E-state index >= 15 is 0 Å². The summed E-state index contributed by atoms with van der Waals surface area (Å²) in [4.78, 5) is 12.5. The molecule has 0 aliphatic rings. The number of carbonyl (C=O) groups excluding carboxylic acids is 1. The Morgan fingerprint density at radius 2 is 1.67 bits per heavy atom. The second-order valence-electron chi connectivity index (χ2n) is 5.89. The zero-order valence-corrected chi connectivity index (χ0v) is 13.7. The zero-order valence-electron chi connectivity index (χ0n) is 13.7. The molecule has 3 nitrogen and oxygen atoms in total. The van der Waals surface area contributed by atoms with Crippen LogP contribution in [0.1, 0.15) is 39.7 Å². The maximum Gasteiger partial charge on any atom is 0.287 e. The highest BCUT2D eigenvalue weighted by molar-refractivity contribution is 5.93. The molecular formula is C21H21NO2. The highest BCUT2D eigenvalue weighted by Crippen LogP contribution is 2.20. The van der Waals surface area contributed by atoms with Crippen LogP contribution in [0.5, 0.6) is 0 Å². The van der Waals surface area contributed by atoms with Gasteiger partial charge in [0.05, 0.1) is 12.3 Å². The Morgan fingerprint density at radius 1 is 1.00 bits per heavy atom. The second kappa shape index (κ2) is 7.64. The Bertz CT molecular complexity index is 778. The summed E-state index contributed by atoms with van der Waals surface area (Å²) >= 11 is 0. The molecule has 0 fully saturated rings. The number of furan rings is 1. The number of amides is 1. The molecule has 1 aromatic heterocycles. The minimum absolute atomic E-state index is 0.0524. The molecular weight excluding hydrogens is 298 g/mol. The largest absolute Gasteiger partial charge is 0.459 e. The van der Waals surface area contributed by atoms with Crippen LogP contribution in [0.4, 0.5) is 0 Å². The van der Waals surface area contributed by atoms with Gasteiger partial charge >= 0.3 is 0 Å². The Morgan fingerprint density at radius 3 is 2.29 bits per heavy atom. The average Bonchev–Trinajstić information content (AvgIpc) is 3.06. The van der Waals surface area contributed by atoms with Gasteiger partial charge in [-0.25, -0.2) is 0 Å². The smallest absolute Gasteiger partial charge is 0.287 e. The van der Waals surface area contributed by atoms with E-state index in [4.69, 9.17) is 4.42 Å². The lowest BCUT2D eigenvalue weighted by Crippen LogP contribution is -2.29. The minimum Gasteiger partial charge on any atom is -0.459 e. The molecule has 24 heavy (non-hydrogen) atoms. The number of hydrogen-bond donors (Lipinski definition) is 1. The quantitative estimate of drug-likeness (QED) is 0.716. The van der Waals surface area contributed by atoms with Crippen LogP contribution in [-0.4, -0.2) is 5.91 Å². The SMILES string of the molecule is Cc1ccoc1C(=O)NC(CCc1ccccc1)c1ccccc1. The third kappa shape index (κ3) is 3.93. The molecule has 1 unspecified atom stereocenters. The maximum absolute atomic E-state index is 12.5. The minimum atomic E-state index is -0.167. The maximum atomic E-state index is 12.5. The molecule has 0 radical (unpaired) electrons. The fourth-order valence-electron chi connectivity index (χ4n) is 2.79. The first-order valence-electron chi connectivity index (χ1n) is 8.18. The van der Waals surface area contributed by atoms with Crippen molar-refractivity contribution in [3.8, 4) is 0 Å². The van der Waals surface area contributed by atoms with Crippen molar-refractivity contribution in [1.82, 2.24) is 5.32 Å². The first kappa shape index (κ1) is 16.1. The number of nitrogens with one attached hydrogen (secondary N) is 1. The molecule has 0 saturated heterocycles. The van der Waals surface area contributed by atoms with Gasteiger partial charge in [-0.05, 0) is 37.0 Å². The lowest BCUT2D eigenvalue weighted by Gasteiger charge is -2.19. The Kier molecular flexibility index (Phi) is 5.12. The first-order chi connectivity index (χ1) is 11.7. The molecule has 122 valence electrons. The Hall–Kier alpha value is -2.81. The topological polar surface area (TPSA) is 42.2 Å². The molecule has 1 N–H and O–H groups in total. The fraction of sp³-hybridized carbons (Fsp3) is 0.190. The summed E-state index contributed by atoms with van der Waals surface area (Å²) in [6, 6.07) is 22.1. The third-order valence-corrected chi connectivity index (χ3v) is 4.14. The highest BCUT2D eigenvalue weighted by atomic mass is 16.3. The van der Waals surface area contributed by atoms with E-state index in [0.717, 1.165) is 24.0 Å². The van der Waals surface area contributed by atoms with E-state index in [1.54, 1.807) is 12.3 Å². The first-order valence-corrected chi connectivity index (χ1v) is 8.18. The monoisotopic (exact) mass is 319 g/mol. The van der Waals surface area contributed by atoms with Crippen molar-refractivity contribution in [2.45, 2.75) is 25.8 Å². The van der Waals surface area contributed by atoms with Crippen molar-refractivity contribution in [3.63, 3.8) is 0 Å². The summed E-state index contributed by atoms with van der Waals surface area (Å²) in [6.07, 6.45) is 3.28. The lowest BCUT2D eigenvalue weighted by atomic mass is 9.98. The average molecular weight is 319 g/mol. The Labute approximate surface area is 142 Å². The van der Waals surface area contributed by atoms with Crippen molar-refractivity contribution in [2.24, 2.45) is 0 Å². The van der Waals surface area contributed by atoms with Crippen LogP contribution in [-0.2, 0) is 6.42 Å². The summed E-state index contributed by atoms with van der Waals surface area (Å²) in [5.41, 5.74) is 3.22. The number of carbonyl (C=O) groups is 1. The third-order valence-electron chi connectivity index (χ3n) is 4.14. The molecule has 1 atom stereocenters. The van der Waals surface area contributed by atoms with Gasteiger partial charge in [0.15, 0.2) is 5.76 Å². The summed E-state index contributed by atoms with van der Waals surface area (Å²) in [5.74, 6) is 0.218. The summed E-state index contributed by atoms with van der Waals surface area (Å²) < 4.78 is 5.31. The van der Waals surface area contributed by atoms with Gasteiger partial charge < -0.3 is 9.73 Å². The molecule has 3 heteroatoms. The zero-order chi connectivity index (χ0) is 16.8. The molecule has 3 aromatic rings. The van der Waals surface area contributed by atoms with Crippen LogP contribution in [0.3, 0.4) is 0 Å². The Balaban J connectivity index is 1.75. The van der Waals surface area contributed by atoms with E-state index in [1.807, 2.05) is 55.5 Å². The second-order valence-corrected chi connectivity index (χ2v) is 5.89. The van der Waals surface area contributed by atoms with Crippen molar-refractivity contribution in [1.29, 1.82) is 0 Å². The number of aryl methyl sites for hydroxylation is 2. The number of hydrogen-bond acceptors (Lipinski definition) is 2. The van der Waals surface area contributed by atoms with Gasteiger partial charge in [0.2, 0.25) is 0 Å². The van der Waals surface area contributed by atoms with Gasteiger partial charge in [-0.1, -0.05) is 60.7 Å². The molecule has 2 aromatic carbocycles. The normalized spacial score (nSPS) is 11.9. The van der Waals surface area contributed by atoms with Crippen LogP contribution >= 0.6 is 0 Å². The van der Waals surface area contributed by atoms with Gasteiger partial charge in [-0.15, -0.1) is 0 Å². The van der Waals surface area contributed by atoms with Gasteiger partial charge in [-0.3, -0.25) is 4.79 Å². The van der Waals surface area contributed by atoms with Gasteiger partial charge in [-0.2, -0.15) is 0 Å². The van der Waals surface area contributed by atoms with Crippen molar-refractivity contribution in [3.05, 3.63) is 95.4 Å². The summed E-state index contributed by atoms with van der Waals surface area (Å²) in [5, 5.41) is 3.11. The van der Waals surface area contributed by atoms with E-state index in [-0.39, 0.29) is 11.9 Å². The molecule has 0 spiro atoms. The van der Waals surface area contributed by atoms with Gasteiger partial charge in [0, 0.05) is 5.56 Å². The van der Waals surface area contributed by atoms with Crippen LogP contribution in [0, 0.1) is 6.92 Å². The van der Waals surface area contributed by atoms with Crippen molar-refractivity contribution in [2.75, 3.05) is 0 Å². The predicted molar refractivity (Wildman–Crippen MR) is 94.9 cm³/mol. The van der Waals surface area contributed by atoms with E-state index in [0.29, 0.717) is 5.76 Å². The molecule has 1 heterocycles. The van der Waals surface area contributed by atoms with E-state index < -0.39 is 0 Å². The van der Waals surface area contributed by atoms with Crippen molar-refractivity contribution >= 4 is 5.91 Å². The standard InChI is InChI=1S/C21H21NO2/c1-16-14-15-24-20(16)21(23)22-19(18-10-6-3-7-11-18)13-12-17-8-4-2-5-9-17/h2-11,14-15,19H,12-13H2,1H3,(H,22,23). The molecule has 0 bridgehead atoms. The number of benzene rings is 2. The summed E-state index contributed by atoms with van der Waals surface area (Å²) in [6.45, 7) is 1.87. The molecule has 0 aliphatic heterocycles. The predicted octanol–water partition coefficient (Wildman–Crippen LogP) is 4.69. The fourth-order valence-corrected chi connectivity index (χ4v) is 2.79. The van der Waals surface area contributed by atoms with Gasteiger partial charge in [0.1, 0.15) is 0 Å². The lowest BCUT2D eigenvalue weighted by molar-refractivity contribution is 0.0905. The van der Waals surface area contributed by atoms with Crippen LogP contribution < -0.4 is 5.32 Å². The highest BCUT2D eigenvalue weighted by Gasteiger charge is 2.19. The van der Waals surface area contributed by atoms with Gasteiger partial charge in [0.25, 0.3) is 5.91 Å². The number of rotatable bonds is 6. The molecule has 0 aliphatic carbocycles. The molecule has 3 rings (SSSR count).